The van der Waals surface area contributed by atoms with E-state index in [1.807, 2.05) is 36.5 Å². The largest absolute Gasteiger partial charge is 0.481 e. The highest BCUT2D eigenvalue weighted by atomic mass is 35.5. The number of fused-ring (bicyclic) bond motifs is 2. The average molecular weight is 513 g/mol. The van der Waals surface area contributed by atoms with Crippen molar-refractivity contribution in [3.8, 4) is 11.3 Å². The molecule has 0 aliphatic carbocycles. The van der Waals surface area contributed by atoms with E-state index in [4.69, 9.17) is 28.9 Å². The second kappa shape index (κ2) is 8.94. The van der Waals surface area contributed by atoms with Crippen molar-refractivity contribution in [1.29, 1.82) is 0 Å². The predicted octanol–water partition coefficient (Wildman–Crippen LogP) is 5.32. The average Bonchev–Trinajstić information content (AvgIpc) is 3.34. The van der Waals surface area contributed by atoms with E-state index < -0.39 is 5.97 Å². The first kappa shape index (κ1) is 22.7. The minimum absolute atomic E-state index is 0.0176. The smallest absolute Gasteiger partial charge is 0.307 e. The Morgan fingerprint density at radius 1 is 1.24 bits per heavy atom. The molecule has 0 saturated carbocycles. The Balaban J connectivity index is 1.63. The summed E-state index contributed by atoms with van der Waals surface area (Å²) in [5.41, 5.74) is 9.63. The third kappa shape index (κ3) is 4.13. The zero-order valence-electron chi connectivity index (χ0n) is 17.7. The summed E-state index contributed by atoms with van der Waals surface area (Å²) >= 11 is 14.2. The van der Waals surface area contributed by atoms with Crippen LogP contribution in [0.5, 0.6) is 0 Å². The molecule has 34 heavy (non-hydrogen) atoms. The number of carbonyl (C=O) groups excluding carboxylic acids is 1. The molecule has 0 spiro atoms. The number of carbonyl (C=O) groups is 2. The van der Waals surface area contributed by atoms with Crippen LogP contribution in [0.4, 0.5) is 5.95 Å². The maximum Gasteiger partial charge on any atom is 0.307 e. The molecule has 2 aromatic carbocycles. The first-order valence-electron chi connectivity index (χ1n) is 10.4. The van der Waals surface area contributed by atoms with Gasteiger partial charge in [-0.05, 0) is 35.4 Å². The number of nitrogens with two attached hydrogens (primary N) is 1. The number of halogens is 2. The minimum Gasteiger partial charge on any atom is -0.481 e. The number of benzene rings is 2. The number of nitrogen functional groups attached to an aromatic ring is 1. The number of carboxylic acids is 1. The van der Waals surface area contributed by atoms with E-state index in [-0.39, 0.29) is 29.0 Å². The van der Waals surface area contributed by atoms with Crippen LogP contribution in [0.2, 0.25) is 10.2 Å². The molecule has 0 fully saturated rings. The van der Waals surface area contributed by atoms with Crippen molar-refractivity contribution in [2.75, 3.05) is 11.5 Å². The molecule has 0 bridgehead atoms. The summed E-state index contributed by atoms with van der Waals surface area (Å²) in [6.45, 7) is 0.646. The minimum atomic E-state index is -0.907. The van der Waals surface area contributed by atoms with Gasteiger partial charge in [0.1, 0.15) is 5.15 Å². The molecular weight excluding hydrogens is 495 g/mol. The molecule has 1 aliphatic heterocycles. The fourth-order valence-electron chi connectivity index (χ4n) is 4.39. The Morgan fingerprint density at radius 2 is 2.06 bits per heavy atom. The van der Waals surface area contributed by atoms with Gasteiger partial charge in [0.2, 0.25) is 5.95 Å². The summed E-state index contributed by atoms with van der Waals surface area (Å²) in [6, 6.07) is 11.4. The molecule has 0 amide bonds. The Bertz CT molecular complexity index is 1470. The molecule has 5 rings (SSSR count). The number of rotatable bonds is 6. The second-order valence-corrected chi connectivity index (χ2v) is 9.91. The number of carboxylic acid groups (broad SMARTS) is 1. The summed E-state index contributed by atoms with van der Waals surface area (Å²) < 4.78 is 2.06. The maximum absolute atomic E-state index is 11.7. The van der Waals surface area contributed by atoms with Gasteiger partial charge in [-0.1, -0.05) is 35.3 Å². The van der Waals surface area contributed by atoms with Crippen LogP contribution in [0.25, 0.3) is 22.2 Å². The Kier molecular flexibility index (Phi) is 5.97. The van der Waals surface area contributed by atoms with Crippen molar-refractivity contribution in [1.82, 2.24) is 14.5 Å². The van der Waals surface area contributed by atoms with Gasteiger partial charge in [-0.15, -0.1) is 11.8 Å². The van der Waals surface area contributed by atoms with Crippen LogP contribution < -0.4 is 5.73 Å². The van der Waals surface area contributed by atoms with Gasteiger partial charge in [0.25, 0.3) is 0 Å². The van der Waals surface area contributed by atoms with Gasteiger partial charge in [-0.25, -0.2) is 9.97 Å². The molecule has 0 radical (unpaired) electrons. The van der Waals surface area contributed by atoms with Gasteiger partial charge in [-0.2, -0.15) is 0 Å². The van der Waals surface area contributed by atoms with Crippen LogP contribution >= 0.6 is 35.0 Å². The number of hydrogen-bond donors (Lipinski definition) is 2. The second-order valence-electron chi connectivity index (χ2n) is 8.05. The number of nitrogens with zero attached hydrogens (tertiary/aromatic N) is 3. The van der Waals surface area contributed by atoms with Gasteiger partial charge in [0.05, 0.1) is 17.7 Å². The van der Waals surface area contributed by atoms with E-state index in [0.717, 1.165) is 16.7 Å². The number of hydrogen-bond acceptors (Lipinski definition) is 6. The third-order valence-corrected chi connectivity index (χ3v) is 7.66. The molecule has 1 aliphatic rings. The van der Waals surface area contributed by atoms with Crippen LogP contribution in [0, 0.1) is 0 Å². The van der Waals surface area contributed by atoms with Crippen molar-refractivity contribution in [3.05, 3.63) is 69.5 Å². The van der Waals surface area contributed by atoms with Crippen LogP contribution in [0.3, 0.4) is 0 Å². The fourth-order valence-corrected chi connectivity index (χ4v) is 6.01. The van der Waals surface area contributed by atoms with E-state index in [1.165, 1.54) is 10.5 Å². The van der Waals surface area contributed by atoms with Gasteiger partial charge in [-0.3, -0.25) is 9.59 Å². The zero-order valence-corrected chi connectivity index (χ0v) is 20.0. The molecule has 10 heteroatoms. The zero-order chi connectivity index (χ0) is 24.0. The highest BCUT2D eigenvalue weighted by Crippen LogP contribution is 2.42. The Hall–Kier alpha value is -3.07. The SMILES string of the molecule is Nc1nc(Cl)c(C=O)c(-c2ccc3c(CC(=O)O)cn(CC4CSc5ccc(Cl)cc54)c3c2)n1. The van der Waals surface area contributed by atoms with Crippen molar-refractivity contribution in [3.63, 3.8) is 0 Å². The monoisotopic (exact) mass is 512 g/mol. The van der Waals surface area contributed by atoms with Crippen molar-refractivity contribution in [2.24, 2.45) is 0 Å². The van der Waals surface area contributed by atoms with Crippen LogP contribution in [0.1, 0.15) is 27.4 Å². The number of aliphatic carboxylic acids is 1. The third-order valence-electron chi connectivity index (χ3n) is 5.88. The van der Waals surface area contributed by atoms with E-state index in [9.17, 15) is 14.7 Å². The van der Waals surface area contributed by atoms with Crippen LogP contribution in [-0.2, 0) is 17.8 Å². The number of aromatic nitrogens is 3. The highest BCUT2D eigenvalue weighted by Gasteiger charge is 2.25. The number of thioether (sulfide) groups is 1. The lowest BCUT2D eigenvalue weighted by Crippen LogP contribution is -2.08. The standard InChI is InChI=1S/C24H18Cl2N4O3S/c25-15-2-4-20-17(7-15)14(11-34-20)9-30-8-13(6-21(32)33)16-3-1-12(5-19(16)30)22-18(10-31)23(26)29-24(27)28-22/h1-5,7-8,10,14H,6,9,11H2,(H,32,33)(H2,27,28,29). The summed E-state index contributed by atoms with van der Waals surface area (Å²) in [6.07, 6.45) is 2.39. The van der Waals surface area contributed by atoms with Gasteiger partial charge in [0.15, 0.2) is 6.29 Å². The molecule has 7 nitrogen and oxygen atoms in total. The van der Waals surface area contributed by atoms with Crippen LogP contribution in [-0.4, -0.2) is 37.6 Å². The molecule has 172 valence electrons. The first-order chi connectivity index (χ1) is 16.3. The Morgan fingerprint density at radius 3 is 2.82 bits per heavy atom. The number of anilines is 1. The van der Waals surface area contributed by atoms with Gasteiger partial charge < -0.3 is 15.4 Å². The number of aldehydes is 1. The van der Waals surface area contributed by atoms with Gasteiger partial charge >= 0.3 is 5.97 Å². The molecule has 3 heterocycles. The van der Waals surface area contributed by atoms with Crippen molar-refractivity contribution >= 4 is 64.1 Å². The van der Waals surface area contributed by atoms with E-state index in [2.05, 4.69) is 14.5 Å². The predicted molar refractivity (Wildman–Crippen MR) is 134 cm³/mol. The summed E-state index contributed by atoms with van der Waals surface area (Å²) in [5.74, 6) is 0.168. The Labute approximate surface area is 208 Å². The molecule has 3 N–H and O–H groups in total. The van der Waals surface area contributed by atoms with E-state index in [0.29, 0.717) is 34.7 Å². The van der Waals surface area contributed by atoms with E-state index >= 15 is 0 Å². The summed E-state index contributed by atoms with van der Waals surface area (Å²) in [5, 5.41) is 10.9. The van der Waals surface area contributed by atoms with Crippen molar-refractivity contribution < 1.29 is 14.7 Å². The molecule has 2 aromatic heterocycles. The molecular formula is C24H18Cl2N4O3S. The quantitative estimate of drug-likeness (QED) is 0.265. The summed E-state index contributed by atoms with van der Waals surface area (Å²) in [4.78, 5) is 32.5. The lowest BCUT2D eigenvalue weighted by Gasteiger charge is -2.14. The first-order valence-corrected chi connectivity index (χ1v) is 12.1. The molecule has 1 atom stereocenters. The topological polar surface area (TPSA) is 111 Å². The normalized spacial score (nSPS) is 14.9. The van der Waals surface area contributed by atoms with Gasteiger partial charge in [0, 0.05) is 50.8 Å². The lowest BCUT2D eigenvalue weighted by atomic mass is 10.0. The highest BCUT2D eigenvalue weighted by molar-refractivity contribution is 7.99. The molecule has 0 saturated heterocycles. The molecule has 1 unspecified atom stereocenters. The van der Waals surface area contributed by atoms with E-state index in [1.54, 1.807) is 17.8 Å². The summed E-state index contributed by atoms with van der Waals surface area (Å²) in [7, 11) is 0. The fraction of sp³-hybridized carbons (Fsp3) is 0.167. The lowest BCUT2D eigenvalue weighted by molar-refractivity contribution is -0.136. The van der Waals surface area contributed by atoms with Crippen LogP contribution in [0.15, 0.2) is 47.5 Å². The maximum atomic E-state index is 11.7. The van der Waals surface area contributed by atoms with Crippen molar-refractivity contribution in [2.45, 2.75) is 23.8 Å². The molecule has 4 aromatic rings.